The van der Waals surface area contributed by atoms with Gasteiger partial charge in [-0.3, -0.25) is 14.7 Å². The molecular formula is C19H19FN2O3. The first-order chi connectivity index (χ1) is 11.7. The molecule has 0 saturated carbocycles. The highest BCUT2D eigenvalue weighted by molar-refractivity contribution is 6.15. The number of rotatable bonds is 1. The fraction of sp³-hybridized carbons (Fsp3) is 0.316. The van der Waals surface area contributed by atoms with Crippen molar-refractivity contribution in [2.24, 2.45) is 0 Å². The molecule has 2 heterocycles. The molecule has 6 heteroatoms. The number of amides is 1. The van der Waals surface area contributed by atoms with E-state index in [0.717, 1.165) is 0 Å². The molecule has 0 aliphatic carbocycles. The summed E-state index contributed by atoms with van der Waals surface area (Å²) in [4.78, 5) is 30.5. The molecule has 0 radical (unpaired) electrons. The van der Waals surface area contributed by atoms with Crippen LogP contribution in [0.4, 0.5) is 14.9 Å². The zero-order valence-electron chi connectivity index (χ0n) is 14.5. The Kier molecular flexibility index (Phi) is 4.06. The highest BCUT2D eigenvalue weighted by atomic mass is 19.1. The SMILES string of the molecule is CC1C(=O)c2ncc(-c3cccc(F)c3)cc2N1C(=O)OC(C)(C)C. The topological polar surface area (TPSA) is 59.5 Å². The molecule has 0 bridgehead atoms. The van der Waals surface area contributed by atoms with Gasteiger partial charge in [0.2, 0.25) is 5.78 Å². The van der Waals surface area contributed by atoms with Crippen LogP contribution in [0.2, 0.25) is 0 Å². The van der Waals surface area contributed by atoms with Gasteiger partial charge in [0.25, 0.3) is 0 Å². The van der Waals surface area contributed by atoms with E-state index in [9.17, 15) is 14.0 Å². The van der Waals surface area contributed by atoms with Crippen LogP contribution in [-0.2, 0) is 4.74 Å². The van der Waals surface area contributed by atoms with Gasteiger partial charge < -0.3 is 4.74 Å². The summed E-state index contributed by atoms with van der Waals surface area (Å²) in [5.74, 6) is -0.613. The van der Waals surface area contributed by atoms with Crippen LogP contribution >= 0.6 is 0 Å². The minimum absolute atomic E-state index is 0.221. The van der Waals surface area contributed by atoms with Crippen molar-refractivity contribution in [1.82, 2.24) is 4.98 Å². The van der Waals surface area contributed by atoms with Crippen LogP contribution < -0.4 is 4.90 Å². The van der Waals surface area contributed by atoms with Crippen molar-refractivity contribution in [1.29, 1.82) is 0 Å². The Bertz CT molecular complexity index is 858. The van der Waals surface area contributed by atoms with Crippen LogP contribution in [0.3, 0.4) is 0 Å². The van der Waals surface area contributed by atoms with Gasteiger partial charge >= 0.3 is 6.09 Å². The average Bonchev–Trinajstić information content (AvgIpc) is 2.77. The maximum Gasteiger partial charge on any atom is 0.415 e. The number of anilines is 1. The fourth-order valence-electron chi connectivity index (χ4n) is 2.74. The predicted octanol–water partition coefficient (Wildman–Crippen LogP) is 4.21. The highest BCUT2D eigenvalue weighted by Crippen LogP contribution is 2.35. The summed E-state index contributed by atoms with van der Waals surface area (Å²) < 4.78 is 18.9. The minimum atomic E-state index is -0.694. The molecule has 0 spiro atoms. The van der Waals surface area contributed by atoms with E-state index in [1.807, 2.05) is 0 Å². The van der Waals surface area contributed by atoms with E-state index < -0.39 is 17.7 Å². The number of Topliss-reactive ketones (excluding diaryl/α,β-unsaturated/α-hetero) is 1. The molecule has 0 fully saturated rings. The first-order valence-electron chi connectivity index (χ1n) is 8.00. The number of fused-ring (bicyclic) bond motifs is 1. The Labute approximate surface area is 145 Å². The molecule has 25 heavy (non-hydrogen) atoms. The predicted molar refractivity (Wildman–Crippen MR) is 92.1 cm³/mol. The van der Waals surface area contributed by atoms with Crippen molar-refractivity contribution in [3.05, 3.63) is 48.0 Å². The first kappa shape index (κ1) is 17.1. The zero-order valence-corrected chi connectivity index (χ0v) is 14.5. The van der Waals surface area contributed by atoms with Crippen LogP contribution in [0.1, 0.15) is 38.2 Å². The fourth-order valence-corrected chi connectivity index (χ4v) is 2.74. The molecular weight excluding hydrogens is 323 g/mol. The van der Waals surface area contributed by atoms with Crippen LogP contribution in [0.15, 0.2) is 36.5 Å². The molecule has 3 rings (SSSR count). The number of hydrogen-bond donors (Lipinski definition) is 0. The van der Waals surface area contributed by atoms with Crippen molar-refractivity contribution in [3.8, 4) is 11.1 Å². The number of halogens is 1. The molecule has 1 atom stereocenters. The Morgan fingerprint density at radius 1 is 1.24 bits per heavy atom. The lowest BCUT2D eigenvalue weighted by molar-refractivity contribution is 0.0564. The highest BCUT2D eigenvalue weighted by Gasteiger charge is 2.41. The third-order valence-corrected chi connectivity index (χ3v) is 3.88. The van der Waals surface area contributed by atoms with Gasteiger partial charge in [-0.25, -0.2) is 9.18 Å². The normalized spacial score (nSPS) is 16.8. The van der Waals surface area contributed by atoms with Gasteiger partial charge in [-0.1, -0.05) is 12.1 Å². The summed E-state index contributed by atoms with van der Waals surface area (Å²) in [7, 11) is 0. The molecule has 0 N–H and O–H groups in total. The summed E-state index contributed by atoms with van der Waals surface area (Å²) in [6, 6.07) is 7.04. The maximum absolute atomic E-state index is 13.5. The second kappa shape index (κ2) is 5.95. The number of hydrogen-bond acceptors (Lipinski definition) is 4. The molecule has 1 unspecified atom stereocenters. The molecule has 5 nitrogen and oxygen atoms in total. The van der Waals surface area contributed by atoms with Gasteiger partial charge in [-0.05, 0) is 51.5 Å². The molecule has 2 aromatic rings. The Morgan fingerprint density at radius 3 is 2.60 bits per heavy atom. The van der Waals surface area contributed by atoms with E-state index in [0.29, 0.717) is 16.8 Å². The Hall–Kier alpha value is -2.76. The van der Waals surface area contributed by atoms with Gasteiger partial charge in [-0.2, -0.15) is 0 Å². The lowest BCUT2D eigenvalue weighted by Crippen LogP contribution is -2.41. The molecule has 1 aliphatic rings. The zero-order chi connectivity index (χ0) is 18.4. The van der Waals surface area contributed by atoms with Crippen LogP contribution in [0.25, 0.3) is 11.1 Å². The molecule has 130 valence electrons. The van der Waals surface area contributed by atoms with E-state index in [1.54, 1.807) is 45.9 Å². The van der Waals surface area contributed by atoms with Crippen LogP contribution in [0, 0.1) is 5.82 Å². The van der Waals surface area contributed by atoms with E-state index >= 15 is 0 Å². The van der Waals surface area contributed by atoms with E-state index in [4.69, 9.17) is 4.74 Å². The Morgan fingerprint density at radius 2 is 1.96 bits per heavy atom. The molecule has 1 amide bonds. The van der Waals surface area contributed by atoms with Gasteiger partial charge in [0, 0.05) is 11.8 Å². The first-order valence-corrected chi connectivity index (χ1v) is 8.00. The second-order valence-electron chi connectivity index (χ2n) is 6.99. The number of nitrogens with zero attached hydrogens (tertiary/aromatic N) is 2. The molecule has 1 aromatic carbocycles. The summed E-state index contributed by atoms with van der Waals surface area (Å²) >= 11 is 0. The van der Waals surface area contributed by atoms with E-state index in [2.05, 4.69) is 4.98 Å². The summed E-state index contributed by atoms with van der Waals surface area (Å²) in [6.45, 7) is 6.91. The van der Waals surface area contributed by atoms with Gasteiger partial charge in [0.15, 0.2) is 0 Å². The third-order valence-electron chi connectivity index (χ3n) is 3.88. The van der Waals surface area contributed by atoms with Crippen molar-refractivity contribution in [3.63, 3.8) is 0 Å². The second-order valence-corrected chi connectivity index (χ2v) is 6.99. The number of ether oxygens (including phenoxy) is 1. The van der Waals surface area contributed by atoms with Gasteiger partial charge in [-0.15, -0.1) is 0 Å². The molecule has 1 aliphatic heterocycles. The monoisotopic (exact) mass is 342 g/mol. The minimum Gasteiger partial charge on any atom is -0.443 e. The molecule has 0 saturated heterocycles. The third kappa shape index (κ3) is 3.24. The number of carbonyl (C=O) groups is 2. The summed E-state index contributed by atoms with van der Waals surface area (Å²) in [6.07, 6.45) is 0.905. The summed E-state index contributed by atoms with van der Waals surface area (Å²) in [5.41, 5.74) is 1.16. The van der Waals surface area contributed by atoms with E-state index in [-0.39, 0.29) is 17.3 Å². The number of ketones is 1. The molecule has 1 aromatic heterocycles. The Balaban J connectivity index is 2.04. The lowest BCUT2D eigenvalue weighted by atomic mass is 10.1. The van der Waals surface area contributed by atoms with Crippen molar-refractivity contribution >= 4 is 17.6 Å². The average molecular weight is 342 g/mol. The number of benzene rings is 1. The number of carbonyl (C=O) groups excluding carboxylic acids is 2. The van der Waals surface area contributed by atoms with Gasteiger partial charge in [0.05, 0.1) is 5.69 Å². The number of pyridine rings is 1. The quantitative estimate of drug-likeness (QED) is 0.779. The van der Waals surface area contributed by atoms with E-state index in [1.165, 1.54) is 23.2 Å². The summed E-state index contributed by atoms with van der Waals surface area (Å²) in [5, 5.41) is 0. The van der Waals surface area contributed by atoms with Gasteiger partial charge in [0.1, 0.15) is 23.2 Å². The largest absolute Gasteiger partial charge is 0.443 e. The number of aromatic nitrogens is 1. The van der Waals surface area contributed by atoms with Crippen LogP contribution in [0.5, 0.6) is 0 Å². The van der Waals surface area contributed by atoms with Crippen molar-refractivity contribution in [2.75, 3.05) is 4.90 Å². The lowest BCUT2D eigenvalue weighted by Gasteiger charge is -2.26. The smallest absolute Gasteiger partial charge is 0.415 e. The van der Waals surface area contributed by atoms with Crippen LogP contribution in [-0.4, -0.2) is 28.5 Å². The van der Waals surface area contributed by atoms with Crippen molar-refractivity contribution in [2.45, 2.75) is 39.3 Å². The van der Waals surface area contributed by atoms with Crippen molar-refractivity contribution < 1.29 is 18.7 Å². The maximum atomic E-state index is 13.5. The standard InChI is InChI=1S/C19H19FN2O3/c1-11-17(23)16-15(22(11)18(24)25-19(2,3)4)9-13(10-21-16)12-6-5-7-14(20)8-12/h5-11H,1-4H3.